The second-order valence-electron chi connectivity index (χ2n) is 4.84. The van der Waals surface area contributed by atoms with Crippen molar-refractivity contribution in [3.05, 3.63) is 25.0 Å². The summed E-state index contributed by atoms with van der Waals surface area (Å²) in [5.41, 5.74) is 2.06. The van der Waals surface area contributed by atoms with Crippen molar-refractivity contribution < 1.29 is 14.9 Å². The minimum atomic E-state index is -0.683. The number of nitrogens with zero attached hydrogens (tertiary/aromatic N) is 5. The van der Waals surface area contributed by atoms with Crippen LogP contribution in [0.15, 0.2) is 25.0 Å². The molecule has 0 aliphatic carbocycles. The number of rotatable bonds is 2. The zero-order chi connectivity index (χ0) is 13.7. The summed E-state index contributed by atoms with van der Waals surface area (Å²) in [4.78, 5) is 12.9. The van der Waals surface area contributed by atoms with Crippen molar-refractivity contribution in [2.45, 2.75) is 24.9 Å². The fraction of sp³-hybridized carbons (Fsp3) is 0.417. The average Bonchev–Trinajstić information content (AvgIpc) is 3.13. The third-order valence-electron chi connectivity index (χ3n) is 3.65. The van der Waals surface area contributed by atoms with Gasteiger partial charge in [-0.25, -0.2) is 15.0 Å². The highest BCUT2D eigenvalue weighted by molar-refractivity contribution is 5.85. The molecular weight excluding hydrogens is 262 g/mol. The number of imidazole rings is 2. The van der Waals surface area contributed by atoms with Gasteiger partial charge in [0, 0.05) is 18.8 Å². The van der Waals surface area contributed by atoms with Gasteiger partial charge in [0.25, 0.3) is 0 Å². The molecule has 1 fully saturated rings. The summed E-state index contributed by atoms with van der Waals surface area (Å²) in [6.07, 6.45) is 5.56. The summed E-state index contributed by atoms with van der Waals surface area (Å²) >= 11 is 0. The number of aliphatic hydroxyl groups is 2. The Bertz CT molecular complexity index is 767. The van der Waals surface area contributed by atoms with Crippen molar-refractivity contribution in [2.24, 2.45) is 0 Å². The van der Waals surface area contributed by atoms with Gasteiger partial charge in [-0.1, -0.05) is 0 Å². The summed E-state index contributed by atoms with van der Waals surface area (Å²) in [5.74, 6) is 0. The Hall–Kier alpha value is -2.03. The van der Waals surface area contributed by atoms with Crippen molar-refractivity contribution in [2.75, 3.05) is 6.61 Å². The summed E-state index contributed by atoms with van der Waals surface area (Å²) in [7, 11) is 0. The molecule has 4 heterocycles. The number of aliphatic hydroxyl groups excluding tert-OH is 2. The standard InChI is InChI=1S/C12H13N5O3/c18-4-8-7(19)3-9(20-8)17-6-14-10-11-13-1-2-16(11)5-15-12(10)17/h1-2,5-9,18-19H,3-4H2/t7-,8+,9-/m0/s1. The van der Waals surface area contributed by atoms with E-state index in [-0.39, 0.29) is 12.8 Å². The molecule has 0 aromatic carbocycles. The third kappa shape index (κ3) is 1.56. The highest BCUT2D eigenvalue weighted by atomic mass is 16.5. The van der Waals surface area contributed by atoms with E-state index in [0.717, 1.165) is 5.65 Å². The van der Waals surface area contributed by atoms with Crippen molar-refractivity contribution in [1.82, 2.24) is 23.9 Å². The minimum absolute atomic E-state index is 0.206. The van der Waals surface area contributed by atoms with E-state index < -0.39 is 12.2 Å². The normalized spacial score (nSPS) is 26.8. The van der Waals surface area contributed by atoms with Crippen LogP contribution >= 0.6 is 0 Å². The Balaban J connectivity index is 1.81. The Morgan fingerprint density at radius 3 is 2.95 bits per heavy atom. The number of aromatic nitrogens is 5. The maximum atomic E-state index is 9.81. The van der Waals surface area contributed by atoms with E-state index in [9.17, 15) is 5.11 Å². The summed E-state index contributed by atoms with van der Waals surface area (Å²) in [6.45, 7) is -0.206. The molecule has 3 aromatic rings. The lowest BCUT2D eigenvalue weighted by Gasteiger charge is -2.13. The number of hydrogen-bond donors (Lipinski definition) is 2. The minimum Gasteiger partial charge on any atom is -0.394 e. The van der Waals surface area contributed by atoms with Crippen molar-refractivity contribution in [3.63, 3.8) is 0 Å². The molecule has 0 unspecified atom stereocenters. The van der Waals surface area contributed by atoms with Crippen LogP contribution in [-0.4, -0.2) is 52.9 Å². The van der Waals surface area contributed by atoms with Gasteiger partial charge in [0.05, 0.1) is 19.0 Å². The summed E-state index contributed by atoms with van der Waals surface area (Å²) < 4.78 is 9.18. The first kappa shape index (κ1) is 11.8. The molecule has 1 aliphatic rings. The van der Waals surface area contributed by atoms with E-state index in [1.807, 2.05) is 0 Å². The molecule has 0 spiro atoms. The fourth-order valence-corrected chi connectivity index (χ4v) is 2.61. The topological polar surface area (TPSA) is 97.7 Å². The van der Waals surface area contributed by atoms with Crippen molar-refractivity contribution in [1.29, 1.82) is 0 Å². The molecule has 3 atom stereocenters. The maximum absolute atomic E-state index is 9.81. The molecule has 8 heteroatoms. The predicted octanol–water partition coefficient (Wildman–Crippen LogP) is -0.280. The van der Waals surface area contributed by atoms with Gasteiger partial charge >= 0.3 is 0 Å². The zero-order valence-corrected chi connectivity index (χ0v) is 10.5. The Morgan fingerprint density at radius 1 is 1.25 bits per heavy atom. The first-order valence-electron chi connectivity index (χ1n) is 6.36. The van der Waals surface area contributed by atoms with Crippen LogP contribution in [-0.2, 0) is 4.74 Å². The molecule has 0 radical (unpaired) electrons. The van der Waals surface area contributed by atoms with E-state index in [4.69, 9.17) is 9.84 Å². The van der Waals surface area contributed by atoms with Crippen molar-refractivity contribution >= 4 is 16.8 Å². The lowest BCUT2D eigenvalue weighted by Crippen LogP contribution is -2.24. The van der Waals surface area contributed by atoms with E-state index in [1.54, 1.807) is 34.0 Å². The third-order valence-corrected chi connectivity index (χ3v) is 3.65. The first-order valence-corrected chi connectivity index (χ1v) is 6.36. The molecule has 2 N–H and O–H groups in total. The monoisotopic (exact) mass is 275 g/mol. The second-order valence-corrected chi connectivity index (χ2v) is 4.84. The molecule has 4 rings (SSSR count). The largest absolute Gasteiger partial charge is 0.394 e. The summed E-state index contributed by atoms with van der Waals surface area (Å²) in [5, 5.41) is 19.0. The van der Waals surface area contributed by atoms with Crippen molar-refractivity contribution in [3.8, 4) is 0 Å². The molecule has 104 valence electrons. The quantitative estimate of drug-likeness (QED) is 0.667. The van der Waals surface area contributed by atoms with Crippen LogP contribution in [0.4, 0.5) is 0 Å². The van der Waals surface area contributed by atoms with E-state index in [2.05, 4.69) is 15.0 Å². The van der Waals surface area contributed by atoms with Gasteiger partial charge in [0.15, 0.2) is 16.8 Å². The number of fused-ring (bicyclic) bond motifs is 3. The van der Waals surface area contributed by atoms with Crippen LogP contribution in [0.1, 0.15) is 12.6 Å². The van der Waals surface area contributed by atoms with Gasteiger partial charge in [0.2, 0.25) is 0 Å². The van der Waals surface area contributed by atoms with Gasteiger partial charge in [-0.2, -0.15) is 0 Å². The number of ether oxygens (including phenoxy) is 1. The van der Waals surface area contributed by atoms with Crippen LogP contribution in [0.2, 0.25) is 0 Å². The SMILES string of the molecule is OC[C@H]1O[C@H](n2cnc3c2ncn2ccnc32)C[C@@H]1O. The zero-order valence-electron chi connectivity index (χ0n) is 10.5. The predicted molar refractivity (Wildman–Crippen MR) is 67.9 cm³/mol. The summed E-state index contributed by atoms with van der Waals surface area (Å²) in [6, 6.07) is 0. The number of hydrogen-bond acceptors (Lipinski definition) is 6. The van der Waals surface area contributed by atoms with Gasteiger partial charge in [0.1, 0.15) is 18.7 Å². The average molecular weight is 275 g/mol. The van der Waals surface area contributed by atoms with Gasteiger partial charge in [-0.3, -0.25) is 8.97 Å². The maximum Gasteiger partial charge on any atom is 0.167 e. The van der Waals surface area contributed by atoms with Gasteiger partial charge in [-0.15, -0.1) is 0 Å². The van der Waals surface area contributed by atoms with Crippen LogP contribution in [0, 0.1) is 0 Å². The van der Waals surface area contributed by atoms with Crippen LogP contribution in [0.3, 0.4) is 0 Å². The Labute approximate surface area is 113 Å². The smallest absolute Gasteiger partial charge is 0.167 e. The molecule has 20 heavy (non-hydrogen) atoms. The Morgan fingerprint density at radius 2 is 2.15 bits per heavy atom. The molecule has 8 nitrogen and oxygen atoms in total. The highest BCUT2D eigenvalue weighted by Gasteiger charge is 2.35. The molecular formula is C12H13N5O3. The van der Waals surface area contributed by atoms with E-state index in [0.29, 0.717) is 17.6 Å². The highest BCUT2D eigenvalue weighted by Crippen LogP contribution is 2.30. The molecule has 0 amide bonds. The van der Waals surface area contributed by atoms with Crippen LogP contribution < -0.4 is 0 Å². The molecule has 1 saturated heterocycles. The van der Waals surface area contributed by atoms with E-state index in [1.165, 1.54) is 0 Å². The lowest BCUT2D eigenvalue weighted by molar-refractivity contribution is -0.0432. The molecule has 0 saturated carbocycles. The van der Waals surface area contributed by atoms with Crippen LogP contribution in [0.25, 0.3) is 16.8 Å². The van der Waals surface area contributed by atoms with Gasteiger partial charge in [-0.05, 0) is 0 Å². The van der Waals surface area contributed by atoms with E-state index >= 15 is 0 Å². The molecule has 0 bridgehead atoms. The fourth-order valence-electron chi connectivity index (χ4n) is 2.61. The lowest BCUT2D eigenvalue weighted by atomic mass is 10.2. The molecule has 3 aromatic heterocycles. The van der Waals surface area contributed by atoms with Crippen LogP contribution in [0.5, 0.6) is 0 Å². The second kappa shape index (κ2) is 4.23. The first-order chi connectivity index (χ1) is 9.78. The molecule has 1 aliphatic heterocycles. The Kier molecular flexibility index (Phi) is 2.49. The van der Waals surface area contributed by atoms with Gasteiger partial charge < -0.3 is 14.9 Å².